The van der Waals surface area contributed by atoms with Crippen molar-refractivity contribution in [1.29, 1.82) is 0 Å². The summed E-state index contributed by atoms with van der Waals surface area (Å²) in [6.45, 7) is 8.41. The van der Waals surface area contributed by atoms with Crippen LogP contribution in [0.3, 0.4) is 0 Å². The van der Waals surface area contributed by atoms with E-state index in [9.17, 15) is 60.3 Å². The average molecular weight is 1850 g/mol. The number of phenolic OH excluding ortho intramolecular Hbond substituents is 3. The lowest BCUT2D eigenvalue weighted by Gasteiger charge is -2.54. The van der Waals surface area contributed by atoms with Crippen LogP contribution in [0.15, 0.2) is 97.1 Å². The summed E-state index contributed by atoms with van der Waals surface area (Å²) < 4.78 is 51.1. The topological polar surface area (TPSA) is 568 Å². The van der Waals surface area contributed by atoms with Crippen molar-refractivity contribution in [2.24, 2.45) is 35.3 Å². The molecule has 0 unspecified atom stereocenters. The zero-order valence-electron chi connectivity index (χ0n) is 72.2. The highest BCUT2D eigenvalue weighted by atomic mass is 35.5. The van der Waals surface area contributed by atoms with Gasteiger partial charge in [0, 0.05) is 47.8 Å². The quantitative estimate of drug-likeness (QED) is 0.0390. The molecule has 10 amide bonds. The maximum absolute atomic E-state index is 16.8. The van der Waals surface area contributed by atoms with E-state index in [4.69, 9.17) is 66.8 Å². The van der Waals surface area contributed by atoms with Crippen LogP contribution in [0.4, 0.5) is 10.5 Å². The molecule has 7 aliphatic heterocycles. The molecule has 6 aromatic rings. The van der Waals surface area contributed by atoms with Crippen LogP contribution >= 0.6 is 23.2 Å². The second-order valence-electron chi connectivity index (χ2n) is 35.2. The first-order valence-electron chi connectivity index (χ1n) is 43.4. The highest BCUT2D eigenvalue weighted by Crippen LogP contribution is 2.55. The number of rotatable bonds is 23. The summed E-state index contributed by atoms with van der Waals surface area (Å²) in [7, 11) is 3.19. The van der Waals surface area contributed by atoms with Crippen LogP contribution in [0.25, 0.3) is 11.1 Å². The third-order valence-corrected chi connectivity index (χ3v) is 25.7. The van der Waals surface area contributed by atoms with Gasteiger partial charge in [0.25, 0.3) is 0 Å². The van der Waals surface area contributed by atoms with E-state index >= 15 is 28.8 Å². The first-order valence-corrected chi connectivity index (χ1v) is 44.1. The fraction of sp³-hybridized carbons (Fsp3) is 0.500. The molecule has 18 atom stereocenters. The van der Waals surface area contributed by atoms with E-state index in [1.165, 1.54) is 57.3 Å². The van der Waals surface area contributed by atoms with Gasteiger partial charge in [-0.15, -0.1) is 0 Å². The normalized spacial score (nSPS) is 29.6. The van der Waals surface area contributed by atoms with Gasteiger partial charge >= 0.3 is 6.03 Å². The number of fused-ring (bicyclic) bond motifs is 15. The van der Waals surface area contributed by atoms with Crippen LogP contribution in [0.1, 0.15) is 157 Å². The number of aliphatic hydroxyl groups excluding tert-OH is 6. The minimum atomic E-state index is -2.45. The minimum absolute atomic E-state index is 0.0118. The number of likely N-dealkylation sites (N-methyl/N-ethyl adjacent to an activating group) is 2. The number of urea groups is 1. The van der Waals surface area contributed by atoms with Gasteiger partial charge in [-0.3, -0.25) is 43.7 Å². The van der Waals surface area contributed by atoms with Gasteiger partial charge in [0.1, 0.15) is 114 Å². The van der Waals surface area contributed by atoms with E-state index in [1.807, 2.05) is 20.8 Å². The average Bonchev–Trinajstić information content (AvgIpc) is 0.754. The molecule has 40 heteroatoms. The summed E-state index contributed by atoms with van der Waals surface area (Å²) in [5.74, 6) is -13.6. The largest absolute Gasteiger partial charge is 0.508 e. The summed E-state index contributed by atoms with van der Waals surface area (Å²) in [5, 5.41) is 136. The molecule has 0 radical (unpaired) electrons. The highest BCUT2D eigenvalue weighted by Gasteiger charge is 2.53. The van der Waals surface area contributed by atoms with E-state index in [0.29, 0.717) is 24.8 Å². The van der Waals surface area contributed by atoms with Gasteiger partial charge in [0.05, 0.1) is 53.6 Å². The molecule has 17 rings (SSSR count). The molecule has 6 aromatic carbocycles. The molecule has 11 aliphatic rings. The molecular formula is C90H110Cl2N12O26. The highest BCUT2D eigenvalue weighted by molar-refractivity contribution is 6.32. The summed E-state index contributed by atoms with van der Waals surface area (Å²) in [4.78, 5) is 140. The molecule has 0 aromatic heterocycles. The van der Waals surface area contributed by atoms with Crippen molar-refractivity contribution < 1.29 is 127 Å². The number of hydrogen-bond acceptors (Lipinski definition) is 29. The Labute approximate surface area is 757 Å². The Morgan fingerprint density at radius 3 is 1.95 bits per heavy atom. The van der Waals surface area contributed by atoms with E-state index in [2.05, 4.69) is 58.5 Å². The Balaban J connectivity index is 0.957. The number of imide groups is 1. The van der Waals surface area contributed by atoms with Crippen LogP contribution in [-0.4, -0.2) is 225 Å². The molecule has 22 N–H and O–H groups in total. The lowest BCUT2D eigenvalue weighted by atomic mass is 9.54. The molecule has 15 bridgehead atoms. The molecule has 4 aliphatic carbocycles. The Morgan fingerprint density at radius 1 is 0.669 bits per heavy atom. The predicted octanol–water partition coefficient (Wildman–Crippen LogP) is 4.60. The van der Waals surface area contributed by atoms with Crippen molar-refractivity contribution in [2.75, 3.05) is 45.8 Å². The number of nitrogens with two attached hydrogens (primary N) is 1. The van der Waals surface area contributed by atoms with Crippen LogP contribution < -0.4 is 87.9 Å². The number of aromatic hydroxyl groups is 3. The third-order valence-electron chi connectivity index (χ3n) is 25.1. The monoisotopic (exact) mass is 1840 g/mol. The molecule has 2 saturated heterocycles. The number of phenols is 3. The Morgan fingerprint density at radius 2 is 1.32 bits per heavy atom. The van der Waals surface area contributed by atoms with Gasteiger partial charge in [-0.2, -0.15) is 0 Å². The molecule has 7 heterocycles. The van der Waals surface area contributed by atoms with E-state index in [1.54, 1.807) is 13.1 Å². The first-order chi connectivity index (χ1) is 62.0. The Bertz CT molecular complexity index is 5240. The third kappa shape index (κ3) is 21.0. The second kappa shape index (κ2) is 40.4. The van der Waals surface area contributed by atoms with Gasteiger partial charge in [-0.1, -0.05) is 68.6 Å². The number of ether oxygens (including phenoxy) is 8. The summed E-state index contributed by atoms with van der Waals surface area (Å²) in [6.07, 6.45) is -13.4. The molecule has 0 spiro atoms. The Kier molecular flexibility index (Phi) is 29.6. The number of nitrogens with one attached hydrogen (secondary N) is 11. The Hall–Kier alpha value is -11.0. The van der Waals surface area contributed by atoms with E-state index in [0.717, 1.165) is 93.1 Å². The fourth-order valence-corrected chi connectivity index (χ4v) is 19.1. The summed E-state index contributed by atoms with van der Waals surface area (Å²) in [6, 6.07) is 2.95. The van der Waals surface area contributed by atoms with Gasteiger partial charge in [-0.05, 0) is 197 Å². The van der Waals surface area contributed by atoms with Gasteiger partial charge < -0.3 is 143 Å². The smallest absolute Gasteiger partial charge is 0.325 e. The lowest BCUT2D eigenvalue weighted by molar-refractivity contribution is -0.333. The predicted molar refractivity (Wildman–Crippen MR) is 465 cm³/mol. The molecule has 6 fully saturated rings. The van der Waals surface area contributed by atoms with Crippen molar-refractivity contribution in [3.8, 4) is 68.6 Å². The number of halogens is 2. The van der Waals surface area contributed by atoms with Crippen molar-refractivity contribution >= 4 is 82.2 Å². The molecule has 700 valence electrons. The number of hydrogen-bond donors (Lipinski definition) is 21. The number of amides is 10. The van der Waals surface area contributed by atoms with E-state index in [-0.39, 0.29) is 100 Å². The van der Waals surface area contributed by atoms with Crippen molar-refractivity contribution in [3.05, 3.63) is 135 Å². The summed E-state index contributed by atoms with van der Waals surface area (Å²) in [5.41, 5.74) is 2.86. The zero-order chi connectivity index (χ0) is 93.2. The molecule has 38 nitrogen and oxygen atoms in total. The van der Waals surface area contributed by atoms with Crippen LogP contribution in [0, 0.1) is 29.6 Å². The SMILES string of the molecule is CCCCOc1ccc(OCCNC)cc1NC(=O)NC(=O)C[C@@H]1NC(=O)[C@H](NC(=O)[C@@H](CC(C)C)NC)[C@H](O)c2ccc(c(Cl)c2)Oc2cc3cc(c2O[C@@H]2O[C@H](CO)[C@@H](O)[C@H](O)[C@H]2O[C@H]2C[C@](C)(N)[C@H](O)[C@H](C)O2)Oc2ccc(cc2Cl)[C@@H](O)[C@@H]2NC(=O)[C@H](NC(=O)[C@@H]3NC1=O)c1ccc(O)c(c1)-c1c(O)cc(O)cc1[C@@H](C(=O)NC1C3CC4CC(C3)CC1C4)NC2=O. The number of aliphatic hydroxyl groups is 6. The van der Waals surface area contributed by atoms with Crippen LogP contribution in [-0.2, 0) is 52.6 Å². The van der Waals surface area contributed by atoms with E-state index < -0.39 is 237 Å². The number of carbonyl (C=O) groups is 9. The number of unbranched alkanes of at least 4 members (excludes halogenated alkanes) is 1. The fourth-order valence-electron chi connectivity index (χ4n) is 18.6. The number of anilines is 1. The number of carbonyl (C=O) groups excluding carboxylic acids is 9. The zero-order valence-corrected chi connectivity index (χ0v) is 73.7. The van der Waals surface area contributed by atoms with Crippen LogP contribution in [0.2, 0.25) is 10.0 Å². The molecular weight excluding hydrogens is 1740 g/mol. The minimum Gasteiger partial charge on any atom is -0.508 e. The maximum Gasteiger partial charge on any atom is 0.325 e. The van der Waals surface area contributed by atoms with Crippen molar-refractivity contribution in [1.82, 2.24) is 53.2 Å². The number of benzene rings is 6. The van der Waals surface area contributed by atoms with Gasteiger partial charge in [-0.25, -0.2) is 4.79 Å². The summed E-state index contributed by atoms with van der Waals surface area (Å²) >= 11 is 14.6. The second-order valence-corrected chi connectivity index (χ2v) is 36.0. The molecule has 4 saturated carbocycles. The standard InChI is InChI=1S/C90H110Cl2N12O26/c1-8-9-19-124-61-17-13-49(123-20-18-94-6)34-54(61)97-89(122)98-65(109)35-56-82(116)100-70-47-30-62(126-59-15-11-43(28-52(59)91)74(110)72(86(120)96-56)103-81(115)55(95-7)21-38(2)3)78(130-88-79(77(113)76(112)64(37-105)128-88)129-66-36-90(5,93)80(114)39(4)125-66)63(31-47)127-60-16-12-44(29-53(60)92)75(111)73-87(121)102-71(85(119)99-68-45-23-40-22-41(25-45)26-46(68)24-40)51-32-48(106)33-58(108)67(51)50-27-42(10-14-57(50)107)69(83(117)104-73)101-84(70)118/h10-17,27-34,38-41,45-46,55-56,64,66,68-77,79-80,88,94-95,105-108,110-114H,8-9,18-26,35-37,93H2,1-7H3,(H,96,120)(H,99,119)(H,100,116)(H,101,118)(H,102,121)(H,103,115)(H,104,117)(H2,97,98,109,122)/t39-,40?,41?,45?,46?,55+,56-,64+,66-,68?,69+,70+,71-,72+,73-,74+,75+,76+,77-,79+,80+,88-,90-/m0/s1. The first kappa shape index (κ1) is 95.1. The van der Waals surface area contributed by atoms with Gasteiger partial charge in [0.15, 0.2) is 23.9 Å². The molecule has 130 heavy (non-hydrogen) atoms. The van der Waals surface area contributed by atoms with Gasteiger partial charge in [0.2, 0.25) is 59.3 Å². The lowest BCUT2D eigenvalue weighted by Crippen LogP contribution is -2.64. The van der Waals surface area contributed by atoms with Crippen molar-refractivity contribution in [3.63, 3.8) is 0 Å². The van der Waals surface area contributed by atoms with Crippen molar-refractivity contribution in [2.45, 2.75) is 214 Å². The van der Waals surface area contributed by atoms with Crippen LogP contribution in [0.5, 0.6) is 57.5 Å². The maximum atomic E-state index is 16.8.